The van der Waals surface area contributed by atoms with Crippen molar-refractivity contribution in [2.24, 2.45) is 0 Å². The molecule has 0 spiro atoms. The lowest BCUT2D eigenvalue weighted by atomic mass is 10.1. The molecule has 3 aromatic heterocycles. The van der Waals surface area contributed by atoms with Crippen LogP contribution in [0.25, 0.3) is 0 Å². The Morgan fingerprint density at radius 1 is 0.905 bits per heavy atom. The van der Waals surface area contributed by atoms with Crippen LogP contribution in [0, 0.1) is 0 Å². The van der Waals surface area contributed by atoms with Crippen molar-refractivity contribution >= 4 is 17.5 Å². The van der Waals surface area contributed by atoms with E-state index in [1.54, 1.807) is 42.9 Å². The molecule has 4 aromatic rings. The maximum Gasteiger partial charge on any atom is 0.573 e. The Labute approximate surface area is 238 Å². The molecule has 0 fully saturated rings. The second kappa shape index (κ2) is 14.1. The lowest BCUT2D eigenvalue weighted by Crippen LogP contribution is -2.24. The highest BCUT2D eigenvalue weighted by atomic mass is 19.4. The number of amides is 1. The first-order valence-corrected chi connectivity index (χ1v) is 13.1. The van der Waals surface area contributed by atoms with Gasteiger partial charge in [-0.25, -0.2) is 4.79 Å². The van der Waals surface area contributed by atoms with Gasteiger partial charge in [0.2, 0.25) is 5.91 Å². The number of hydrogen-bond acceptors (Lipinski definition) is 8. The predicted molar refractivity (Wildman–Crippen MR) is 146 cm³/mol. The molecule has 1 N–H and O–H groups in total. The van der Waals surface area contributed by atoms with Gasteiger partial charge in [-0.1, -0.05) is 18.2 Å². The zero-order valence-corrected chi connectivity index (χ0v) is 22.4. The third-order valence-corrected chi connectivity index (χ3v) is 6.00. The van der Waals surface area contributed by atoms with Gasteiger partial charge in [0, 0.05) is 38.0 Å². The molecule has 0 saturated heterocycles. The molecule has 1 aromatic carbocycles. The highest BCUT2D eigenvalue weighted by Crippen LogP contribution is 2.23. The number of nitrogens with one attached hydrogen (secondary N) is 1. The van der Waals surface area contributed by atoms with Gasteiger partial charge in [-0.15, -0.1) is 18.3 Å². The number of nitrogens with zero attached hydrogens (tertiary/aromatic N) is 5. The number of hydrogen-bond donors (Lipinski definition) is 1. The fourth-order valence-electron chi connectivity index (χ4n) is 4.10. The molecule has 0 atom stereocenters. The minimum absolute atomic E-state index is 0.0518. The summed E-state index contributed by atoms with van der Waals surface area (Å²) < 4.78 is 42.6. The number of benzene rings is 1. The van der Waals surface area contributed by atoms with E-state index in [9.17, 15) is 27.6 Å². The van der Waals surface area contributed by atoms with E-state index in [1.165, 1.54) is 16.7 Å². The topological polar surface area (TPSA) is 129 Å². The van der Waals surface area contributed by atoms with E-state index in [4.69, 9.17) is 0 Å². The zero-order valence-electron chi connectivity index (χ0n) is 22.4. The highest BCUT2D eigenvalue weighted by Gasteiger charge is 2.31. The third-order valence-electron chi connectivity index (χ3n) is 6.00. The number of aromatic nitrogens is 5. The SMILES string of the molecule is O=C(Cc1cccnc1)Cc1ccn(CCCCc2ccc(NC(=O)Cc3cccc(OC(F)(F)F)c3)nn2)c(=O)n1. The molecule has 3 heterocycles. The van der Waals surface area contributed by atoms with Gasteiger partial charge in [-0.05, 0) is 66.8 Å². The minimum atomic E-state index is -4.82. The van der Waals surface area contributed by atoms with Gasteiger partial charge in [0.05, 0.1) is 17.8 Å². The number of ether oxygens (including phenoxy) is 1. The normalized spacial score (nSPS) is 11.2. The molecule has 42 heavy (non-hydrogen) atoms. The predicted octanol–water partition coefficient (Wildman–Crippen LogP) is 3.89. The zero-order chi connectivity index (χ0) is 30.0. The molecular weight excluding hydrogens is 553 g/mol. The number of anilines is 1. The molecule has 0 unspecified atom stereocenters. The van der Waals surface area contributed by atoms with Gasteiger partial charge in [0.25, 0.3) is 0 Å². The van der Waals surface area contributed by atoms with E-state index in [1.807, 2.05) is 6.07 Å². The lowest BCUT2D eigenvalue weighted by Gasteiger charge is -2.10. The maximum atomic E-state index is 12.4. The highest BCUT2D eigenvalue weighted by molar-refractivity contribution is 5.91. The van der Waals surface area contributed by atoms with Crippen molar-refractivity contribution in [1.29, 1.82) is 0 Å². The third kappa shape index (κ3) is 9.91. The molecule has 218 valence electrons. The van der Waals surface area contributed by atoms with Crippen molar-refractivity contribution in [2.45, 2.75) is 51.4 Å². The Bertz CT molecular complexity index is 1560. The first-order valence-electron chi connectivity index (χ1n) is 13.1. The number of unbranched alkanes of at least 4 members (excludes halogenated alkanes) is 1. The number of rotatable bonds is 13. The van der Waals surface area contributed by atoms with E-state index in [-0.39, 0.29) is 30.9 Å². The van der Waals surface area contributed by atoms with E-state index in [0.29, 0.717) is 42.8 Å². The van der Waals surface area contributed by atoms with Crippen LogP contribution >= 0.6 is 0 Å². The van der Waals surface area contributed by atoms with Crippen LogP contribution < -0.4 is 15.7 Å². The Hall–Kier alpha value is -4.94. The molecule has 0 bridgehead atoms. The monoisotopic (exact) mass is 580 g/mol. The van der Waals surface area contributed by atoms with Crippen LogP contribution in [0.15, 0.2) is 78.0 Å². The largest absolute Gasteiger partial charge is 0.573 e. The molecule has 4 rings (SSSR count). The van der Waals surface area contributed by atoms with Crippen molar-refractivity contribution in [3.63, 3.8) is 0 Å². The van der Waals surface area contributed by atoms with Gasteiger partial charge in [0.15, 0.2) is 5.82 Å². The molecule has 1 amide bonds. The van der Waals surface area contributed by atoms with Crippen molar-refractivity contribution in [3.8, 4) is 5.75 Å². The van der Waals surface area contributed by atoms with Crippen LogP contribution in [0.3, 0.4) is 0 Å². The number of carbonyl (C=O) groups is 2. The number of Topliss-reactive ketones (excluding diaryl/α,β-unsaturated/α-hetero) is 1. The molecule has 0 aliphatic heterocycles. The van der Waals surface area contributed by atoms with Crippen LogP contribution in [0.5, 0.6) is 5.75 Å². The minimum Gasteiger partial charge on any atom is -0.406 e. The summed E-state index contributed by atoms with van der Waals surface area (Å²) in [5.74, 6) is -0.712. The molecule has 10 nitrogen and oxygen atoms in total. The van der Waals surface area contributed by atoms with Gasteiger partial charge < -0.3 is 10.1 Å². The number of aryl methyl sites for hydroxylation is 2. The van der Waals surface area contributed by atoms with Gasteiger partial charge >= 0.3 is 12.1 Å². The van der Waals surface area contributed by atoms with Gasteiger partial charge in [0.1, 0.15) is 11.5 Å². The van der Waals surface area contributed by atoms with E-state index < -0.39 is 23.7 Å². The van der Waals surface area contributed by atoms with Gasteiger partial charge in [-0.2, -0.15) is 10.1 Å². The number of carbonyl (C=O) groups excluding carboxylic acids is 2. The Morgan fingerprint density at radius 2 is 1.74 bits per heavy atom. The average molecular weight is 581 g/mol. The van der Waals surface area contributed by atoms with Crippen molar-refractivity contribution in [2.75, 3.05) is 5.32 Å². The molecular formula is C29H27F3N6O4. The van der Waals surface area contributed by atoms with Crippen LogP contribution in [-0.2, 0) is 41.8 Å². The second-order valence-corrected chi connectivity index (χ2v) is 9.44. The first kappa shape index (κ1) is 30.0. The lowest BCUT2D eigenvalue weighted by molar-refractivity contribution is -0.274. The van der Waals surface area contributed by atoms with Gasteiger partial charge in [-0.3, -0.25) is 19.1 Å². The Balaban J connectivity index is 1.18. The summed E-state index contributed by atoms with van der Waals surface area (Å²) in [5.41, 5.74) is 1.86. The standard InChI is InChI=1S/C29H27F3N6O4/c30-29(31,32)42-25-8-3-5-20(16-25)17-27(40)35-26-10-9-22(36-37-26)7-1-2-13-38-14-11-23(34-28(38)41)18-24(39)15-21-6-4-12-33-19-21/h3-6,8-12,14,16,19H,1-2,7,13,15,17-18H2,(H,35,37,40). The number of ketones is 1. The smallest absolute Gasteiger partial charge is 0.406 e. The Kier molecular flexibility index (Phi) is 10.1. The molecule has 0 saturated carbocycles. The van der Waals surface area contributed by atoms with Crippen LogP contribution in [-0.4, -0.2) is 42.8 Å². The van der Waals surface area contributed by atoms with E-state index in [2.05, 4.69) is 30.2 Å². The van der Waals surface area contributed by atoms with Crippen LogP contribution in [0.2, 0.25) is 0 Å². The number of halogens is 3. The summed E-state index contributed by atoms with van der Waals surface area (Å²) in [4.78, 5) is 45.0. The van der Waals surface area contributed by atoms with Crippen LogP contribution in [0.4, 0.5) is 19.0 Å². The summed E-state index contributed by atoms with van der Waals surface area (Å²) in [6, 6.07) is 13.7. The maximum absolute atomic E-state index is 12.4. The summed E-state index contributed by atoms with van der Waals surface area (Å²) in [7, 11) is 0. The molecule has 0 aliphatic carbocycles. The van der Waals surface area contributed by atoms with Crippen molar-refractivity contribution in [1.82, 2.24) is 24.7 Å². The summed E-state index contributed by atoms with van der Waals surface area (Å²) >= 11 is 0. The van der Waals surface area contributed by atoms with Crippen LogP contribution in [0.1, 0.15) is 35.4 Å². The summed E-state index contributed by atoms with van der Waals surface area (Å²) in [6.45, 7) is 0.451. The molecule has 0 aliphatic rings. The van der Waals surface area contributed by atoms with E-state index >= 15 is 0 Å². The molecule has 0 radical (unpaired) electrons. The quantitative estimate of drug-likeness (QED) is 0.236. The fourth-order valence-corrected chi connectivity index (χ4v) is 4.10. The fraction of sp³-hybridized carbons (Fsp3) is 0.276. The van der Waals surface area contributed by atoms with Crippen molar-refractivity contribution in [3.05, 3.63) is 106 Å². The second-order valence-electron chi connectivity index (χ2n) is 9.44. The summed E-state index contributed by atoms with van der Waals surface area (Å²) in [5, 5.41) is 10.6. The molecule has 13 heteroatoms. The number of alkyl halides is 3. The summed E-state index contributed by atoms with van der Waals surface area (Å²) in [6.07, 6.45) is 2.21. The average Bonchev–Trinajstić information content (AvgIpc) is 2.92. The Morgan fingerprint density at radius 3 is 2.45 bits per heavy atom. The van der Waals surface area contributed by atoms with E-state index in [0.717, 1.165) is 17.7 Å². The first-order chi connectivity index (χ1) is 20.1. The number of pyridine rings is 1. The van der Waals surface area contributed by atoms with Crippen molar-refractivity contribution < 1.29 is 27.5 Å².